The fraction of sp³-hybridized carbons (Fsp3) is 0.217. The molecule has 1 radical (unpaired) electrons. The number of carbonyl (C=O) groups is 1. The number of aryl methyl sites for hydroxylation is 3. The molecule has 0 aliphatic rings. The first-order chi connectivity index (χ1) is 12.3. The number of hydrogen-bond donors (Lipinski definition) is 1. The molecule has 0 aliphatic carbocycles. The largest absolute Gasteiger partial charge is 0.512 e. The molecule has 1 N–H and O–H groups in total. The van der Waals surface area contributed by atoms with Gasteiger partial charge in [0.2, 0.25) is 0 Å². The van der Waals surface area contributed by atoms with E-state index in [-0.39, 0.29) is 31.6 Å². The standard InChI is InChI=1S/C18H16N.C5H8O2.Ir/c1-12-8-9-15(10-13(12)2)18-14(3)17-7-5-4-6-16(17)11-19-18;1-4(6)3-5(2)7;/h4-8,10-11H,1-3H3;3,6H,1-2H3;/q-1;;/b;4-3-;. The zero-order valence-corrected chi connectivity index (χ0v) is 18.6. The van der Waals surface area contributed by atoms with E-state index in [2.05, 4.69) is 56.1 Å². The Morgan fingerprint density at radius 3 is 2.33 bits per heavy atom. The van der Waals surface area contributed by atoms with E-state index in [9.17, 15) is 4.79 Å². The maximum atomic E-state index is 10.0. The smallest absolute Gasteiger partial charge is 0.155 e. The number of rotatable bonds is 2. The molecule has 27 heavy (non-hydrogen) atoms. The van der Waals surface area contributed by atoms with Crippen molar-refractivity contribution in [3.8, 4) is 11.3 Å². The van der Waals surface area contributed by atoms with Crippen molar-refractivity contribution in [2.75, 3.05) is 0 Å². The second kappa shape index (κ2) is 10.1. The van der Waals surface area contributed by atoms with Crippen LogP contribution in [0.25, 0.3) is 22.0 Å². The summed E-state index contributed by atoms with van der Waals surface area (Å²) in [7, 11) is 0. The summed E-state index contributed by atoms with van der Waals surface area (Å²) < 4.78 is 0. The number of fused-ring (bicyclic) bond motifs is 1. The van der Waals surface area contributed by atoms with Crippen molar-refractivity contribution in [1.29, 1.82) is 0 Å². The Balaban J connectivity index is 0.000000395. The molecule has 0 amide bonds. The minimum Gasteiger partial charge on any atom is -0.512 e. The second-order valence-electron chi connectivity index (χ2n) is 6.43. The van der Waals surface area contributed by atoms with E-state index in [1.807, 2.05) is 18.3 Å². The van der Waals surface area contributed by atoms with Crippen LogP contribution in [-0.2, 0) is 24.9 Å². The summed E-state index contributed by atoms with van der Waals surface area (Å²) in [6.45, 7) is 9.22. The number of ketones is 1. The van der Waals surface area contributed by atoms with E-state index in [1.54, 1.807) is 0 Å². The number of nitrogens with zero attached hydrogens (tertiary/aromatic N) is 1. The number of hydrogen-bond acceptors (Lipinski definition) is 3. The minimum atomic E-state index is -0.125. The summed E-state index contributed by atoms with van der Waals surface area (Å²) >= 11 is 0. The van der Waals surface area contributed by atoms with Gasteiger partial charge in [0.15, 0.2) is 5.78 Å². The van der Waals surface area contributed by atoms with Crippen LogP contribution in [0.4, 0.5) is 0 Å². The molecule has 3 rings (SSSR count). The first kappa shape index (κ1) is 22.7. The summed E-state index contributed by atoms with van der Waals surface area (Å²) in [6, 6.07) is 15.9. The first-order valence-corrected chi connectivity index (χ1v) is 8.51. The number of benzene rings is 2. The van der Waals surface area contributed by atoms with E-state index in [1.165, 1.54) is 47.4 Å². The molecule has 0 saturated carbocycles. The molecule has 0 bridgehead atoms. The van der Waals surface area contributed by atoms with Crippen LogP contribution in [0.1, 0.15) is 30.5 Å². The van der Waals surface area contributed by atoms with Gasteiger partial charge >= 0.3 is 0 Å². The topological polar surface area (TPSA) is 50.2 Å². The molecule has 1 heterocycles. The van der Waals surface area contributed by atoms with Gasteiger partial charge in [-0.25, -0.2) is 0 Å². The summed E-state index contributed by atoms with van der Waals surface area (Å²) in [5.41, 5.74) is 5.87. The quantitative estimate of drug-likeness (QED) is 0.260. The third kappa shape index (κ3) is 6.13. The van der Waals surface area contributed by atoms with E-state index in [0.29, 0.717) is 0 Å². The Bertz CT molecular complexity index is 973. The predicted molar refractivity (Wildman–Crippen MR) is 107 cm³/mol. The normalized spacial score (nSPS) is 10.6. The van der Waals surface area contributed by atoms with Gasteiger partial charge in [-0.05, 0) is 37.2 Å². The Labute approximate surface area is 174 Å². The SMILES string of the molecule is CC(=O)/C=C(/C)O.Cc1c[c-]c(-c2ncc3ccccc3c2C)cc1C.[Ir]. The van der Waals surface area contributed by atoms with E-state index in [0.717, 1.165) is 11.3 Å². The fourth-order valence-electron chi connectivity index (χ4n) is 2.68. The maximum absolute atomic E-state index is 10.0. The minimum absolute atomic E-state index is 0. The fourth-order valence-corrected chi connectivity index (χ4v) is 2.68. The molecule has 0 saturated heterocycles. The van der Waals surface area contributed by atoms with Gasteiger partial charge in [-0.2, -0.15) is 0 Å². The molecular formula is C23H24IrNO2-. The molecule has 0 unspecified atom stereocenters. The molecule has 0 atom stereocenters. The zero-order chi connectivity index (χ0) is 19.3. The van der Waals surface area contributed by atoms with Crippen molar-refractivity contribution in [2.45, 2.75) is 34.6 Å². The van der Waals surface area contributed by atoms with Crippen LogP contribution in [0.2, 0.25) is 0 Å². The number of aliphatic hydroxyl groups excluding tert-OH is 1. The predicted octanol–water partition coefficient (Wildman–Crippen LogP) is 5.66. The Morgan fingerprint density at radius 1 is 1.11 bits per heavy atom. The molecular weight excluding hydrogens is 514 g/mol. The number of carbonyl (C=O) groups excluding carboxylic acids is 1. The van der Waals surface area contributed by atoms with Crippen LogP contribution in [0.5, 0.6) is 0 Å². The van der Waals surface area contributed by atoms with Crippen LogP contribution in [0.3, 0.4) is 0 Å². The monoisotopic (exact) mass is 539 g/mol. The van der Waals surface area contributed by atoms with Gasteiger partial charge in [-0.3, -0.25) is 4.79 Å². The van der Waals surface area contributed by atoms with Crippen LogP contribution >= 0.6 is 0 Å². The van der Waals surface area contributed by atoms with Gasteiger partial charge in [-0.15, -0.1) is 34.9 Å². The van der Waals surface area contributed by atoms with E-state index in [4.69, 9.17) is 5.11 Å². The average molecular weight is 539 g/mol. The Kier molecular flexibility index (Phi) is 8.55. The summed E-state index contributed by atoms with van der Waals surface area (Å²) in [5.74, 6) is -0.0625. The van der Waals surface area contributed by atoms with Crippen molar-refractivity contribution >= 4 is 16.6 Å². The van der Waals surface area contributed by atoms with Crippen LogP contribution in [0.15, 0.2) is 54.4 Å². The number of aromatic nitrogens is 1. The second-order valence-corrected chi connectivity index (χ2v) is 6.43. The maximum Gasteiger partial charge on any atom is 0.155 e. The molecule has 143 valence electrons. The van der Waals surface area contributed by atoms with E-state index >= 15 is 0 Å². The summed E-state index contributed by atoms with van der Waals surface area (Å²) in [4.78, 5) is 14.6. The molecule has 4 heteroatoms. The van der Waals surface area contributed by atoms with Crippen LogP contribution < -0.4 is 0 Å². The molecule has 2 aromatic carbocycles. The molecule has 0 aliphatic heterocycles. The van der Waals surface area contributed by atoms with Gasteiger partial charge in [0.05, 0.1) is 5.76 Å². The zero-order valence-electron chi connectivity index (χ0n) is 16.3. The summed E-state index contributed by atoms with van der Waals surface area (Å²) in [5, 5.41) is 10.8. The van der Waals surface area contributed by atoms with Gasteiger partial charge in [0.25, 0.3) is 0 Å². The molecule has 1 aromatic heterocycles. The third-order valence-corrected chi connectivity index (χ3v) is 4.15. The van der Waals surface area contributed by atoms with Crippen molar-refractivity contribution in [3.05, 3.63) is 77.2 Å². The average Bonchev–Trinajstić information content (AvgIpc) is 2.57. The molecule has 0 spiro atoms. The Hall–Kier alpha value is -2.29. The van der Waals surface area contributed by atoms with Crippen molar-refractivity contribution in [3.63, 3.8) is 0 Å². The van der Waals surface area contributed by atoms with Crippen molar-refractivity contribution in [2.24, 2.45) is 0 Å². The molecule has 3 nitrogen and oxygen atoms in total. The Morgan fingerprint density at radius 2 is 1.78 bits per heavy atom. The number of allylic oxidation sites excluding steroid dienone is 2. The van der Waals surface area contributed by atoms with Gasteiger partial charge in [0, 0.05) is 32.4 Å². The van der Waals surface area contributed by atoms with Crippen LogP contribution in [-0.4, -0.2) is 15.9 Å². The van der Waals surface area contributed by atoms with Gasteiger partial charge < -0.3 is 10.1 Å². The molecule has 0 fully saturated rings. The van der Waals surface area contributed by atoms with Crippen molar-refractivity contribution < 1.29 is 30.0 Å². The molecule has 3 aromatic rings. The number of pyridine rings is 1. The first-order valence-electron chi connectivity index (χ1n) is 8.51. The van der Waals surface area contributed by atoms with E-state index < -0.39 is 0 Å². The van der Waals surface area contributed by atoms with Gasteiger partial charge in [-0.1, -0.05) is 43.7 Å². The van der Waals surface area contributed by atoms with Crippen molar-refractivity contribution in [1.82, 2.24) is 4.98 Å². The number of aliphatic hydroxyl groups is 1. The summed E-state index contributed by atoms with van der Waals surface area (Å²) in [6.07, 6.45) is 3.11. The van der Waals surface area contributed by atoms with Crippen LogP contribution in [0, 0.1) is 26.8 Å². The third-order valence-electron chi connectivity index (χ3n) is 4.15. The van der Waals surface area contributed by atoms with Gasteiger partial charge in [0.1, 0.15) is 0 Å².